The van der Waals surface area contributed by atoms with E-state index in [0.29, 0.717) is 6.61 Å². The second-order valence-electron chi connectivity index (χ2n) is 4.27. The Balaban J connectivity index is 3.39. The maximum Gasteiger partial charge on any atom is 0.346 e. The van der Waals surface area contributed by atoms with Crippen LogP contribution >= 0.6 is 0 Å². The minimum absolute atomic E-state index is 0.0651. The van der Waals surface area contributed by atoms with Crippen LogP contribution in [0.3, 0.4) is 0 Å². The van der Waals surface area contributed by atoms with Crippen molar-refractivity contribution in [3.63, 3.8) is 0 Å². The van der Waals surface area contributed by atoms with Crippen molar-refractivity contribution in [1.29, 1.82) is 0 Å². The Morgan fingerprint density at radius 2 is 1.80 bits per heavy atom. The SMILES string of the molecule is CCOc1cc(O)c(O)c(C(=O)OC(C)C)c1OCC. The van der Waals surface area contributed by atoms with E-state index in [9.17, 15) is 15.0 Å². The second kappa shape index (κ2) is 6.88. The largest absolute Gasteiger partial charge is 0.504 e. The second-order valence-corrected chi connectivity index (χ2v) is 4.27. The Morgan fingerprint density at radius 1 is 1.20 bits per heavy atom. The minimum atomic E-state index is -0.780. The number of hydrogen-bond donors (Lipinski definition) is 2. The van der Waals surface area contributed by atoms with Gasteiger partial charge in [-0.2, -0.15) is 0 Å². The van der Waals surface area contributed by atoms with Gasteiger partial charge in [-0.1, -0.05) is 0 Å². The Labute approximate surface area is 117 Å². The monoisotopic (exact) mass is 284 g/mol. The van der Waals surface area contributed by atoms with Gasteiger partial charge in [0.05, 0.1) is 19.3 Å². The van der Waals surface area contributed by atoms with Crippen LogP contribution in [0.5, 0.6) is 23.0 Å². The van der Waals surface area contributed by atoms with Gasteiger partial charge in [0.15, 0.2) is 28.6 Å². The molecule has 6 heteroatoms. The van der Waals surface area contributed by atoms with Crippen molar-refractivity contribution in [2.24, 2.45) is 0 Å². The topological polar surface area (TPSA) is 85.2 Å². The van der Waals surface area contributed by atoms with E-state index in [2.05, 4.69) is 0 Å². The summed E-state index contributed by atoms with van der Waals surface area (Å²) in [5.41, 5.74) is -0.232. The summed E-state index contributed by atoms with van der Waals surface area (Å²) in [5, 5.41) is 19.6. The summed E-state index contributed by atoms with van der Waals surface area (Å²) >= 11 is 0. The van der Waals surface area contributed by atoms with E-state index in [0.717, 1.165) is 0 Å². The number of ether oxygens (including phenoxy) is 3. The summed E-state index contributed by atoms with van der Waals surface area (Å²) in [6.07, 6.45) is -0.366. The highest BCUT2D eigenvalue weighted by Crippen LogP contribution is 2.44. The maximum atomic E-state index is 12.1. The molecular formula is C14H20O6. The van der Waals surface area contributed by atoms with Crippen molar-refractivity contribution in [1.82, 2.24) is 0 Å². The molecule has 1 aromatic rings. The fourth-order valence-corrected chi connectivity index (χ4v) is 1.63. The van der Waals surface area contributed by atoms with Crippen LogP contribution in [0.4, 0.5) is 0 Å². The molecule has 6 nitrogen and oxygen atoms in total. The number of hydrogen-bond acceptors (Lipinski definition) is 6. The number of phenolic OH excluding ortho intramolecular Hbond substituents is 2. The van der Waals surface area contributed by atoms with Crippen molar-refractivity contribution in [2.45, 2.75) is 33.8 Å². The molecule has 112 valence electrons. The molecular weight excluding hydrogens is 264 g/mol. The first-order chi connectivity index (χ1) is 9.42. The zero-order chi connectivity index (χ0) is 15.3. The van der Waals surface area contributed by atoms with Crippen LogP contribution in [0.25, 0.3) is 0 Å². The van der Waals surface area contributed by atoms with Gasteiger partial charge in [-0.25, -0.2) is 4.79 Å². The molecule has 0 aliphatic rings. The predicted molar refractivity (Wildman–Crippen MR) is 72.7 cm³/mol. The third kappa shape index (κ3) is 3.46. The number of carbonyl (C=O) groups excluding carboxylic acids is 1. The lowest BCUT2D eigenvalue weighted by Gasteiger charge is -2.17. The summed E-state index contributed by atoms with van der Waals surface area (Å²) in [4.78, 5) is 12.1. The van der Waals surface area contributed by atoms with E-state index in [1.54, 1.807) is 27.7 Å². The lowest BCUT2D eigenvalue weighted by atomic mass is 10.1. The first kappa shape index (κ1) is 15.9. The lowest BCUT2D eigenvalue weighted by Crippen LogP contribution is -2.14. The summed E-state index contributed by atoms with van der Waals surface area (Å²) in [5.74, 6) is -1.58. The molecule has 0 atom stereocenters. The normalized spacial score (nSPS) is 10.4. The third-order valence-electron chi connectivity index (χ3n) is 2.33. The summed E-state index contributed by atoms with van der Waals surface area (Å²) in [6.45, 7) is 7.45. The van der Waals surface area contributed by atoms with E-state index in [-0.39, 0.29) is 29.8 Å². The van der Waals surface area contributed by atoms with Gasteiger partial charge < -0.3 is 24.4 Å². The molecule has 0 spiro atoms. The fourth-order valence-electron chi connectivity index (χ4n) is 1.63. The highest BCUT2D eigenvalue weighted by Gasteiger charge is 2.27. The molecule has 0 fully saturated rings. The Kier molecular flexibility index (Phi) is 5.49. The summed E-state index contributed by atoms with van der Waals surface area (Å²) in [7, 11) is 0. The maximum absolute atomic E-state index is 12.1. The average Bonchev–Trinajstić information content (AvgIpc) is 2.35. The number of rotatable bonds is 6. The quantitative estimate of drug-likeness (QED) is 0.616. The number of phenols is 2. The molecule has 0 saturated carbocycles. The first-order valence-corrected chi connectivity index (χ1v) is 6.47. The van der Waals surface area contributed by atoms with Crippen molar-refractivity contribution >= 4 is 5.97 Å². The number of benzene rings is 1. The van der Waals surface area contributed by atoms with Crippen molar-refractivity contribution < 1.29 is 29.2 Å². The van der Waals surface area contributed by atoms with Gasteiger partial charge >= 0.3 is 5.97 Å². The van der Waals surface area contributed by atoms with Gasteiger partial charge in [0, 0.05) is 6.07 Å². The van der Waals surface area contributed by atoms with Crippen molar-refractivity contribution in [2.75, 3.05) is 13.2 Å². The smallest absolute Gasteiger partial charge is 0.346 e. The van der Waals surface area contributed by atoms with Gasteiger partial charge in [0.25, 0.3) is 0 Å². The third-order valence-corrected chi connectivity index (χ3v) is 2.33. The van der Waals surface area contributed by atoms with Crippen LogP contribution < -0.4 is 9.47 Å². The summed E-state index contributed by atoms with van der Waals surface area (Å²) < 4.78 is 15.7. The van der Waals surface area contributed by atoms with Crippen LogP contribution in [0, 0.1) is 0 Å². The standard InChI is InChI=1S/C14H20O6/c1-5-18-10-7-9(15)12(16)11(13(10)19-6-2)14(17)20-8(3)4/h7-8,15-16H,5-6H2,1-4H3. The number of aromatic hydroxyl groups is 2. The van der Waals surface area contributed by atoms with Gasteiger partial charge in [0.1, 0.15) is 0 Å². The fraction of sp³-hybridized carbons (Fsp3) is 0.500. The molecule has 2 N–H and O–H groups in total. The van der Waals surface area contributed by atoms with Gasteiger partial charge in [-0.05, 0) is 27.7 Å². The van der Waals surface area contributed by atoms with Gasteiger partial charge in [0.2, 0.25) is 0 Å². The van der Waals surface area contributed by atoms with Crippen LogP contribution in [0.1, 0.15) is 38.1 Å². The highest BCUT2D eigenvalue weighted by atomic mass is 16.5. The van der Waals surface area contributed by atoms with E-state index in [4.69, 9.17) is 14.2 Å². The Hall–Kier alpha value is -2.11. The molecule has 0 heterocycles. The van der Waals surface area contributed by atoms with Crippen LogP contribution in [-0.2, 0) is 4.74 Å². The van der Waals surface area contributed by atoms with Crippen molar-refractivity contribution in [3.05, 3.63) is 11.6 Å². The summed E-state index contributed by atoms with van der Waals surface area (Å²) in [6, 6.07) is 1.20. The molecule has 0 aliphatic heterocycles. The van der Waals surface area contributed by atoms with E-state index in [1.165, 1.54) is 6.07 Å². The highest BCUT2D eigenvalue weighted by molar-refractivity contribution is 5.97. The molecule has 0 amide bonds. The molecule has 0 unspecified atom stereocenters. The van der Waals surface area contributed by atoms with E-state index < -0.39 is 17.5 Å². The molecule has 0 aromatic heterocycles. The Morgan fingerprint density at radius 3 is 2.30 bits per heavy atom. The molecule has 1 rings (SSSR count). The van der Waals surface area contributed by atoms with Crippen LogP contribution in [-0.4, -0.2) is 35.5 Å². The van der Waals surface area contributed by atoms with Gasteiger partial charge in [-0.15, -0.1) is 0 Å². The average molecular weight is 284 g/mol. The predicted octanol–water partition coefficient (Wildman–Crippen LogP) is 2.46. The molecule has 0 saturated heterocycles. The molecule has 1 aromatic carbocycles. The zero-order valence-electron chi connectivity index (χ0n) is 12.1. The van der Waals surface area contributed by atoms with Crippen LogP contribution in [0.15, 0.2) is 6.07 Å². The number of esters is 1. The minimum Gasteiger partial charge on any atom is -0.504 e. The molecule has 20 heavy (non-hydrogen) atoms. The molecule has 0 radical (unpaired) electrons. The van der Waals surface area contributed by atoms with E-state index >= 15 is 0 Å². The Bertz CT molecular complexity index is 481. The zero-order valence-corrected chi connectivity index (χ0v) is 12.1. The molecule has 0 aliphatic carbocycles. The van der Waals surface area contributed by atoms with Gasteiger partial charge in [-0.3, -0.25) is 0 Å². The first-order valence-electron chi connectivity index (χ1n) is 6.47. The lowest BCUT2D eigenvalue weighted by molar-refractivity contribution is 0.0368. The van der Waals surface area contributed by atoms with Crippen molar-refractivity contribution in [3.8, 4) is 23.0 Å². The molecule has 0 bridgehead atoms. The number of carbonyl (C=O) groups is 1. The van der Waals surface area contributed by atoms with Crippen LogP contribution in [0.2, 0.25) is 0 Å². The van der Waals surface area contributed by atoms with E-state index in [1.807, 2.05) is 0 Å².